The first-order valence-electron chi connectivity index (χ1n) is 13.3. The summed E-state index contributed by atoms with van der Waals surface area (Å²) in [5, 5.41) is 14.5. The molecule has 4 rings (SSSR count). The lowest BCUT2D eigenvalue weighted by Crippen LogP contribution is -2.54. The van der Waals surface area contributed by atoms with Crippen LogP contribution in [0.5, 0.6) is 5.75 Å². The zero-order chi connectivity index (χ0) is 25.7. The molecule has 36 heavy (non-hydrogen) atoms. The molecule has 2 amide bonds. The third-order valence-corrected chi connectivity index (χ3v) is 7.74. The summed E-state index contributed by atoms with van der Waals surface area (Å²) in [7, 11) is 0. The molecule has 1 saturated heterocycles. The van der Waals surface area contributed by atoms with Gasteiger partial charge in [0.25, 0.3) is 5.91 Å². The predicted octanol–water partition coefficient (Wildman–Crippen LogP) is 3.48. The summed E-state index contributed by atoms with van der Waals surface area (Å²) in [4.78, 5) is 38.8. The van der Waals surface area contributed by atoms with Crippen molar-refractivity contribution in [1.82, 2.24) is 10.2 Å². The van der Waals surface area contributed by atoms with Gasteiger partial charge in [0.2, 0.25) is 5.91 Å². The highest BCUT2D eigenvalue weighted by molar-refractivity contribution is 5.85. The molecule has 2 unspecified atom stereocenters. The number of fused-ring (bicyclic) bond motifs is 2. The van der Waals surface area contributed by atoms with E-state index in [0.29, 0.717) is 55.8 Å². The summed E-state index contributed by atoms with van der Waals surface area (Å²) in [5.41, 5.74) is 1.15. The van der Waals surface area contributed by atoms with Crippen LogP contribution < -0.4 is 15.7 Å². The maximum absolute atomic E-state index is 12.6. The van der Waals surface area contributed by atoms with Crippen LogP contribution in [0.25, 0.3) is 11.0 Å². The summed E-state index contributed by atoms with van der Waals surface area (Å²) in [6.45, 7) is 5.35. The fourth-order valence-electron chi connectivity index (χ4n) is 5.66. The molecule has 196 valence electrons. The van der Waals surface area contributed by atoms with Gasteiger partial charge in [-0.1, -0.05) is 26.2 Å². The number of aliphatic hydroxyl groups is 1. The van der Waals surface area contributed by atoms with Crippen LogP contribution in [-0.4, -0.2) is 53.7 Å². The van der Waals surface area contributed by atoms with Gasteiger partial charge in [0.15, 0.2) is 6.61 Å². The zero-order valence-electron chi connectivity index (χ0n) is 21.4. The van der Waals surface area contributed by atoms with Gasteiger partial charge in [0.1, 0.15) is 11.3 Å². The molecule has 0 spiro atoms. The van der Waals surface area contributed by atoms with E-state index >= 15 is 0 Å². The van der Waals surface area contributed by atoms with Crippen LogP contribution >= 0.6 is 0 Å². The van der Waals surface area contributed by atoms with Gasteiger partial charge >= 0.3 is 5.63 Å². The minimum atomic E-state index is -0.588. The molecule has 2 aliphatic rings. The number of ether oxygens (including phenoxy) is 1. The summed E-state index contributed by atoms with van der Waals surface area (Å²) in [6.07, 6.45) is 7.31. The number of piperidine rings is 1. The van der Waals surface area contributed by atoms with Gasteiger partial charge in [0, 0.05) is 49.0 Å². The number of amides is 2. The van der Waals surface area contributed by atoms with Crippen LogP contribution in [0.3, 0.4) is 0 Å². The van der Waals surface area contributed by atoms with E-state index in [1.807, 2.05) is 17.9 Å². The quantitative estimate of drug-likeness (QED) is 0.405. The Kier molecular flexibility index (Phi) is 8.34. The van der Waals surface area contributed by atoms with Gasteiger partial charge in [-0.05, 0) is 56.7 Å². The lowest BCUT2D eigenvalue weighted by Gasteiger charge is -2.47. The average molecular weight is 499 g/mol. The highest BCUT2D eigenvalue weighted by Gasteiger charge is 2.43. The van der Waals surface area contributed by atoms with Gasteiger partial charge < -0.3 is 24.5 Å². The number of hydrogen-bond donors (Lipinski definition) is 2. The molecule has 8 nitrogen and oxygen atoms in total. The summed E-state index contributed by atoms with van der Waals surface area (Å²) < 4.78 is 11.1. The minimum absolute atomic E-state index is 0.0869. The SMILES string of the molecule is CCCc1cc(=O)oc2c(C)c(OCC(=O)NCCCC(=O)N3CCC4(O)CCCCC4C3)ccc12. The number of likely N-dealkylation sites (tertiary alicyclic amines) is 1. The third-order valence-electron chi connectivity index (χ3n) is 7.74. The monoisotopic (exact) mass is 498 g/mol. The van der Waals surface area contributed by atoms with Gasteiger partial charge in [-0.15, -0.1) is 0 Å². The van der Waals surface area contributed by atoms with E-state index in [9.17, 15) is 19.5 Å². The van der Waals surface area contributed by atoms with Crippen LogP contribution in [-0.2, 0) is 16.0 Å². The molecule has 1 aromatic heterocycles. The number of carbonyl (C=O) groups is 2. The van der Waals surface area contributed by atoms with E-state index in [-0.39, 0.29) is 24.3 Å². The van der Waals surface area contributed by atoms with Crippen LogP contribution in [0, 0.1) is 12.8 Å². The summed E-state index contributed by atoms with van der Waals surface area (Å²) in [5.74, 6) is 0.500. The Bertz CT molecular complexity index is 1160. The van der Waals surface area contributed by atoms with E-state index in [2.05, 4.69) is 12.2 Å². The fraction of sp³-hybridized carbons (Fsp3) is 0.607. The average Bonchev–Trinajstić information content (AvgIpc) is 2.86. The second kappa shape index (κ2) is 11.5. The molecule has 1 aromatic carbocycles. The zero-order valence-corrected chi connectivity index (χ0v) is 21.4. The molecule has 2 aromatic rings. The maximum atomic E-state index is 12.6. The van der Waals surface area contributed by atoms with E-state index in [4.69, 9.17) is 9.15 Å². The molecule has 2 heterocycles. The Balaban J connectivity index is 1.22. The molecule has 2 fully saturated rings. The molecule has 0 radical (unpaired) electrons. The normalized spacial score (nSPS) is 21.8. The number of nitrogens with one attached hydrogen (secondary N) is 1. The molecule has 1 saturated carbocycles. The Morgan fingerprint density at radius 1 is 1.28 bits per heavy atom. The molecular formula is C28H38N2O6. The lowest BCUT2D eigenvalue weighted by molar-refractivity contribution is -0.143. The van der Waals surface area contributed by atoms with Crippen molar-refractivity contribution >= 4 is 22.8 Å². The second-order valence-electron chi connectivity index (χ2n) is 10.3. The number of benzene rings is 1. The van der Waals surface area contributed by atoms with Crippen LogP contribution in [0.15, 0.2) is 27.4 Å². The molecule has 0 bridgehead atoms. The Morgan fingerprint density at radius 2 is 2.11 bits per heavy atom. The number of hydrogen-bond acceptors (Lipinski definition) is 6. The topological polar surface area (TPSA) is 109 Å². The first kappa shape index (κ1) is 26.2. The molecule has 8 heteroatoms. The standard InChI is InChI=1S/C28H38N2O6/c1-3-7-20-16-26(33)36-27-19(2)23(11-10-22(20)27)35-18-24(31)29-14-6-9-25(32)30-15-13-28(34)12-5-4-8-21(28)17-30/h10-11,16,21,34H,3-9,12-15,17-18H2,1-2H3,(H,29,31). The maximum Gasteiger partial charge on any atom is 0.336 e. The van der Waals surface area contributed by atoms with Crippen molar-refractivity contribution in [3.05, 3.63) is 39.7 Å². The van der Waals surface area contributed by atoms with Crippen LogP contribution in [0.4, 0.5) is 0 Å². The van der Waals surface area contributed by atoms with Gasteiger partial charge in [-0.25, -0.2) is 4.79 Å². The van der Waals surface area contributed by atoms with Crippen molar-refractivity contribution in [2.75, 3.05) is 26.2 Å². The molecule has 1 aliphatic carbocycles. The van der Waals surface area contributed by atoms with Gasteiger partial charge in [-0.3, -0.25) is 9.59 Å². The Labute approximate surface area is 212 Å². The van der Waals surface area contributed by atoms with Crippen molar-refractivity contribution in [3.63, 3.8) is 0 Å². The fourth-order valence-corrected chi connectivity index (χ4v) is 5.66. The molecule has 2 N–H and O–H groups in total. The van der Waals surface area contributed by atoms with Gasteiger partial charge in [-0.2, -0.15) is 0 Å². The van der Waals surface area contributed by atoms with E-state index in [0.717, 1.165) is 49.5 Å². The Hall–Kier alpha value is -2.87. The lowest BCUT2D eigenvalue weighted by atomic mass is 9.71. The molecular weight excluding hydrogens is 460 g/mol. The van der Waals surface area contributed by atoms with Crippen molar-refractivity contribution in [2.24, 2.45) is 5.92 Å². The van der Waals surface area contributed by atoms with E-state index < -0.39 is 11.2 Å². The largest absolute Gasteiger partial charge is 0.483 e. The highest BCUT2D eigenvalue weighted by atomic mass is 16.5. The second-order valence-corrected chi connectivity index (χ2v) is 10.3. The minimum Gasteiger partial charge on any atom is -0.483 e. The molecule has 2 atom stereocenters. The number of carbonyl (C=O) groups excluding carboxylic acids is 2. The first-order valence-corrected chi connectivity index (χ1v) is 13.3. The van der Waals surface area contributed by atoms with Crippen LogP contribution in [0.1, 0.15) is 69.4 Å². The highest BCUT2D eigenvalue weighted by Crippen LogP contribution is 2.39. The van der Waals surface area contributed by atoms with Crippen LogP contribution in [0.2, 0.25) is 0 Å². The number of aryl methyl sites for hydroxylation is 2. The predicted molar refractivity (Wildman–Crippen MR) is 137 cm³/mol. The van der Waals surface area contributed by atoms with E-state index in [1.165, 1.54) is 6.07 Å². The first-order chi connectivity index (χ1) is 17.3. The van der Waals surface area contributed by atoms with E-state index in [1.54, 1.807) is 6.07 Å². The Morgan fingerprint density at radius 3 is 2.92 bits per heavy atom. The summed E-state index contributed by atoms with van der Waals surface area (Å²) in [6, 6.07) is 5.20. The van der Waals surface area contributed by atoms with Crippen molar-refractivity contribution < 1.29 is 23.8 Å². The van der Waals surface area contributed by atoms with Crippen molar-refractivity contribution in [2.45, 2.75) is 77.2 Å². The molecule has 1 aliphatic heterocycles. The number of rotatable bonds is 9. The smallest absolute Gasteiger partial charge is 0.336 e. The summed E-state index contributed by atoms with van der Waals surface area (Å²) >= 11 is 0. The van der Waals surface area contributed by atoms with Gasteiger partial charge in [0.05, 0.1) is 5.60 Å². The number of nitrogens with zero attached hydrogens (tertiary/aromatic N) is 1. The third kappa shape index (κ3) is 5.91. The van der Waals surface area contributed by atoms with Crippen molar-refractivity contribution in [3.8, 4) is 5.75 Å². The van der Waals surface area contributed by atoms with Crippen molar-refractivity contribution in [1.29, 1.82) is 0 Å².